The van der Waals surface area contributed by atoms with Crippen LogP contribution in [0.25, 0.3) is 0 Å². The third kappa shape index (κ3) is 3.60. The molecule has 0 saturated heterocycles. The fraction of sp³-hybridized carbons (Fsp3) is 0.600. The molecule has 0 spiro atoms. The summed E-state index contributed by atoms with van der Waals surface area (Å²) in [7, 11) is 1.82. The van der Waals surface area contributed by atoms with Gasteiger partial charge in [-0.1, -0.05) is 0 Å². The molecule has 1 aromatic heterocycles. The van der Waals surface area contributed by atoms with Gasteiger partial charge in [0.1, 0.15) is 6.04 Å². The fourth-order valence-electron chi connectivity index (χ4n) is 1.17. The number of likely N-dealkylation sites (N-methyl/N-ethyl adjacent to an activating group) is 1. The highest BCUT2D eigenvalue weighted by atomic mass is 32.1. The van der Waals surface area contributed by atoms with Crippen LogP contribution < -0.4 is 0 Å². The highest BCUT2D eigenvalue weighted by Gasteiger charge is 2.16. The molecule has 15 heavy (non-hydrogen) atoms. The highest BCUT2D eigenvalue weighted by molar-refractivity contribution is 7.11. The molecule has 0 aromatic carbocycles. The first-order chi connectivity index (χ1) is 7.00. The molecule has 1 aromatic rings. The normalized spacial score (nSPS) is 13.1. The summed E-state index contributed by atoms with van der Waals surface area (Å²) in [5, 5.41) is 9.87. The van der Waals surface area contributed by atoms with Gasteiger partial charge in [-0.3, -0.25) is 9.69 Å². The molecular weight excluding hydrogens is 212 g/mol. The minimum absolute atomic E-state index is 0.439. The van der Waals surface area contributed by atoms with E-state index in [1.165, 1.54) is 4.88 Å². The van der Waals surface area contributed by atoms with Crippen LogP contribution in [0.1, 0.15) is 16.8 Å². The molecule has 0 amide bonds. The van der Waals surface area contributed by atoms with Crippen molar-refractivity contribution in [2.75, 3.05) is 13.6 Å². The number of aliphatic carboxylic acids is 1. The van der Waals surface area contributed by atoms with E-state index in [1.54, 1.807) is 18.3 Å². The van der Waals surface area contributed by atoms with Gasteiger partial charge < -0.3 is 5.11 Å². The zero-order valence-corrected chi connectivity index (χ0v) is 10.0. The summed E-state index contributed by atoms with van der Waals surface area (Å²) in [5.74, 6) is -0.784. The minimum atomic E-state index is -0.784. The van der Waals surface area contributed by atoms with E-state index in [0.29, 0.717) is 0 Å². The van der Waals surface area contributed by atoms with Crippen molar-refractivity contribution in [3.8, 4) is 0 Å². The smallest absolute Gasteiger partial charge is 0.320 e. The maximum Gasteiger partial charge on any atom is 0.320 e. The Morgan fingerprint density at radius 1 is 1.73 bits per heavy atom. The molecule has 0 aliphatic heterocycles. The van der Waals surface area contributed by atoms with Crippen molar-refractivity contribution in [1.29, 1.82) is 0 Å². The van der Waals surface area contributed by atoms with Crippen LogP contribution in [0, 0.1) is 6.92 Å². The summed E-state index contributed by atoms with van der Waals surface area (Å²) >= 11 is 1.66. The predicted molar refractivity (Wildman–Crippen MR) is 60.3 cm³/mol. The van der Waals surface area contributed by atoms with Gasteiger partial charge in [-0.25, -0.2) is 4.98 Å². The first-order valence-electron chi connectivity index (χ1n) is 4.85. The molecular formula is C10H16N2O2S. The molecule has 5 heteroatoms. The lowest BCUT2D eigenvalue weighted by Crippen LogP contribution is -2.37. The topological polar surface area (TPSA) is 53.4 Å². The van der Waals surface area contributed by atoms with Crippen molar-refractivity contribution in [3.05, 3.63) is 16.1 Å². The van der Waals surface area contributed by atoms with Crippen LogP contribution in [-0.2, 0) is 11.2 Å². The zero-order chi connectivity index (χ0) is 11.4. The van der Waals surface area contributed by atoms with Gasteiger partial charge in [0.15, 0.2) is 0 Å². The maximum atomic E-state index is 10.7. The molecule has 0 saturated carbocycles. The largest absolute Gasteiger partial charge is 0.480 e. The van der Waals surface area contributed by atoms with E-state index in [-0.39, 0.29) is 0 Å². The molecule has 4 nitrogen and oxygen atoms in total. The third-order valence-corrected chi connectivity index (χ3v) is 3.34. The lowest BCUT2D eigenvalue weighted by Gasteiger charge is -2.20. The van der Waals surface area contributed by atoms with Crippen LogP contribution in [0.2, 0.25) is 0 Å². The van der Waals surface area contributed by atoms with Crippen LogP contribution in [0.15, 0.2) is 6.20 Å². The van der Waals surface area contributed by atoms with Gasteiger partial charge >= 0.3 is 5.97 Å². The summed E-state index contributed by atoms with van der Waals surface area (Å²) in [5.41, 5.74) is 0. The Kier molecular flexibility index (Phi) is 4.23. The number of hydrogen-bond acceptors (Lipinski definition) is 4. The van der Waals surface area contributed by atoms with E-state index in [2.05, 4.69) is 4.98 Å². The molecule has 0 fully saturated rings. The minimum Gasteiger partial charge on any atom is -0.480 e. The number of hydrogen-bond donors (Lipinski definition) is 1. The van der Waals surface area contributed by atoms with Crippen LogP contribution in [0.4, 0.5) is 0 Å². The SMILES string of the molecule is Cc1cnc(CCN(C)C(C)C(=O)O)s1. The van der Waals surface area contributed by atoms with Crippen molar-refractivity contribution in [2.24, 2.45) is 0 Å². The van der Waals surface area contributed by atoms with Gasteiger partial charge in [-0.15, -0.1) is 11.3 Å². The number of carbonyl (C=O) groups is 1. The molecule has 84 valence electrons. The number of aryl methyl sites for hydroxylation is 1. The van der Waals surface area contributed by atoms with Crippen LogP contribution in [0.3, 0.4) is 0 Å². The maximum absolute atomic E-state index is 10.7. The van der Waals surface area contributed by atoms with Crippen molar-refractivity contribution >= 4 is 17.3 Å². The Labute approximate surface area is 93.6 Å². The van der Waals surface area contributed by atoms with Crippen LogP contribution in [-0.4, -0.2) is 40.6 Å². The molecule has 0 aliphatic rings. The standard InChI is InChI=1S/C10H16N2O2S/c1-7-6-11-9(15-7)4-5-12(3)8(2)10(13)14/h6,8H,4-5H2,1-3H3,(H,13,14). The molecule has 0 radical (unpaired) electrons. The van der Waals surface area contributed by atoms with E-state index in [9.17, 15) is 4.79 Å². The second kappa shape index (κ2) is 5.23. The predicted octanol–water partition coefficient (Wildman–Crippen LogP) is 1.40. The van der Waals surface area contributed by atoms with Gasteiger partial charge in [0.05, 0.1) is 5.01 Å². The van der Waals surface area contributed by atoms with Gasteiger partial charge in [-0.2, -0.15) is 0 Å². The summed E-state index contributed by atoms with van der Waals surface area (Å²) in [4.78, 5) is 17.9. The van der Waals surface area contributed by atoms with Crippen molar-refractivity contribution in [2.45, 2.75) is 26.3 Å². The van der Waals surface area contributed by atoms with E-state index in [4.69, 9.17) is 5.11 Å². The second-order valence-electron chi connectivity index (χ2n) is 3.61. The van der Waals surface area contributed by atoms with Gasteiger partial charge in [0, 0.05) is 24.0 Å². The molecule has 0 bridgehead atoms. The summed E-state index contributed by atoms with van der Waals surface area (Å²) < 4.78 is 0. The highest BCUT2D eigenvalue weighted by Crippen LogP contribution is 2.12. The van der Waals surface area contributed by atoms with Crippen LogP contribution >= 0.6 is 11.3 Å². The van der Waals surface area contributed by atoms with E-state index < -0.39 is 12.0 Å². The number of thiazole rings is 1. The number of carboxylic acids is 1. The first-order valence-corrected chi connectivity index (χ1v) is 5.66. The molecule has 1 N–H and O–H groups in total. The fourth-order valence-corrected chi connectivity index (χ4v) is 1.95. The molecule has 1 unspecified atom stereocenters. The third-order valence-electron chi connectivity index (χ3n) is 2.37. The first kappa shape index (κ1) is 12.1. The number of nitrogens with zero attached hydrogens (tertiary/aromatic N) is 2. The Morgan fingerprint density at radius 3 is 2.87 bits per heavy atom. The van der Waals surface area contributed by atoms with E-state index >= 15 is 0 Å². The number of aromatic nitrogens is 1. The Morgan fingerprint density at radius 2 is 2.40 bits per heavy atom. The second-order valence-corrected chi connectivity index (χ2v) is 4.93. The van der Waals surface area contributed by atoms with Crippen molar-refractivity contribution in [1.82, 2.24) is 9.88 Å². The Balaban J connectivity index is 2.40. The Hall–Kier alpha value is -0.940. The lowest BCUT2D eigenvalue weighted by molar-refractivity contribution is -0.142. The number of rotatable bonds is 5. The van der Waals surface area contributed by atoms with Gasteiger partial charge in [-0.05, 0) is 20.9 Å². The molecule has 0 aliphatic carbocycles. The zero-order valence-electron chi connectivity index (χ0n) is 9.23. The molecule has 1 rings (SSSR count). The Bertz CT molecular complexity index is 338. The lowest BCUT2D eigenvalue weighted by atomic mass is 10.3. The summed E-state index contributed by atoms with van der Waals surface area (Å²) in [6, 6.07) is -0.439. The number of carboxylic acid groups (broad SMARTS) is 1. The van der Waals surface area contributed by atoms with E-state index in [1.807, 2.05) is 25.1 Å². The van der Waals surface area contributed by atoms with Crippen LogP contribution in [0.5, 0.6) is 0 Å². The average molecular weight is 228 g/mol. The molecule has 1 atom stereocenters. The molecule has 1 heterocycles. The quantitative estimate of drug-likeness (QED) is 0.827. The summed E-state index contributed by atoms with van der Waals surface area (Å²) in [6.07, 6.45) is 2.66. The van der Waals surface area contributed by atoms with E-state index in [0.717, 1.165) is 18.0 Å². The van der Waals surface area contributed by atoms with Crippen molar-refractivity contribution < 1.29 is 9.90 Å². The van der Waals surface area contributed by atoms with Gasteiger partial charge in [0.25, 0.3) is 0 Å². The van der Waals surface area contributed by atoms with Gasteiger partial charge in [0.2, 0.25) is 0 Å². The average Bonchev–Trinajstić information content (AvgIpc) is 2.59. The summed E-state index contributed by atoms with van der Waals surface area (Å²) in [6.45, 7) is 4.43. The monoisotopic (exact) mass is 228 g/mol. The van der Waals surface area contributed by atoms with Crippen molar-refractivity contribution in [3.63, 3.8) is 0 Å².